The number of fused-ring (bicyclic) bond motifs is 2. The molecule has 2 atom stereocenters. The van der Waals surface area contributed by atoms with Crippen molar-refractivity contribution in [2.45, 2.75) is 72.1 Å². The molecule has 0 spiro atoms. The quantitative estimate of drug-likeness (QED) is 0.257. The van der Waals surface area contributed by atoms with Crippen LogP contribution in [0.25, 0.3) is 11.6 Å². The zero-order valence-corrected chi connectivity index (χ0v) is 29.8. The smallest absolute Gasteiger partial charge is 0.0915 e. The molecule has 0 fully saturated rings. The molecule has 1 nitrogen and oxygen atoms in total. The first-order valence-corrected chi connectivity index (χ1v) is 15.3. The molecule has 0 heterocycles. The van der Waals surface area contributed by atoms with Crippen molar-refractivity contribution in [3.8, 4) is 0 Å². The number of hydrogen-bond donors (Lipinski definition) is 0. The molecular formula is C41H45OZr-. The molecule has 0 radical (unpaired) electrons. The minimum atomic E-state index is -0.548. The van der Waals surface area contributed by atoms with Gasteiger partial charge in [-0.2, -0.15) is 18.1 Å². The molecule has 2 heteroatoms. The van der Waals surface area contributed by atoms with E-state index in [1.165, 1.54) is 50.1 Å². The van der Waals surface area contributed by atoms with E-state index >= 15 is 0 Å². The predicted molar refractivity (Wildman–Crippen MR) is 178 cm³/mol. The molecular weight excluding hydrogens is 600 g/mol. The fraction of sp³-hybridized carbons (Fsp3) is 0.341. The van der Waals surface area contributed by atoms with Gasteiger partial charge in [-0.25, -0.2) is 0 Å². The van der Waals surface area contributed by atoms with Crippen molar-refractivity contribution in [2.24, 2.45) is 10.8 Å². The van der Waals surface area contributed by atoms with Gasteiger partial charge in [-0.1, -0.05) is 151 Å². The fourth-order valence-electron chi connectivity index (χ4n) is 7.46. The maximum atomic E-state index is 6.71. The number of rotatable bonds is 4. The van der Waals surface area contributed by atoms with Gasteiger partial charge >= 0.3 is 0 Å². The third kappa shape index (κ3) is 5.19. The van der Waals surface area contributed by atoms with Gasteiger partial charge in [0, 0.05) is 37.5 Å². The third-order valence-corrected chi connectivity index (χ3v) is 9.37. The fourth-order valence-corrected chi connectivity index (χ4v) is 7.46. The molecule has 6 rings (SSSR count). The summed E-state index contributed by atoms with van der Waals surface area (Å²) < 4.78 is 6.71. The summed E-state index contributed by atoms with van der Waals surface area (Å²) in [6, 6.07) is 29.4. The Kier molecular flexibility index (Phi) is 8.05. The molecule has 3 aliphatic rings. The Labute approximate surface area is 279 Å². The summed E-state index contributed by atoms with van der Waals surface area (Å²) in [5.41, 5.74) is 11.2. The first-order chi connectivity index (χ1) is 19.8. The third-order valence-electron chi connectivity index (χ3n) is 9.37. The number of benzene rings is 3. The molecule has 0 amide bonds. The Hall–Kier alpha value is -2.83. The van der Waals surface area contributed by atoms with E-state index in [0.717, 1.165) is 5.76 Å². The zero-order chi connectivity index (χ0) is 30.1. The van der Waals surface area contributed by atoms with E-state index in [9.17, 15) is 0 Å². The van der Waals surface area contributed by atoms with E-state index in [1.54, 1.807) is 0 Å². The molecule has 0 saturated heterocycles. The van der Waals surface area contributed by atoms with Gasteiger partial charge in [-0.15, -0.1) is 11.6 Å². The van der Waals surface area contributed by atoms with Gasteiger partial charge in [-0.05, 0) is 44.2 Å². The van der Waals surface area contributed by atoms with Crippen molar-refractivity contribution in [1.29, 1.82) is 0 Å². The summed E-state index contributed by atoms with van der Waals surface area (Å²) in [6.07, 6.45) is 9.80. The molecule has 0 aliphatic heterocycles. The minimum absolute atomic E-state index is 0. The van der Waals surface area contributed by atoms with Crippen LogP contribution in [0.1, 0.15) is 89.1 Å². The summed E-state index contributed by atoms with van der Waals surface area (Å²) in [7, 11) is 1.88. The van der Waals surface area contributed by atoms with E-state index in [4.69, 9.17) is 4.74 Å². The van der Waals surface area contributed by atoms with Crippen LogP contribution in [0.2, 0.25) is 0 Å². The zero-order valence-electron chi connectivity index (χ0n) is 27.3. The molecule has 220 valence electrons. The van der Waals surface area contributed by atoms with Crippen LogP contribution in [0.15, 0.2) is 113 Å². The minimum Gasteiger partial charge on any atom is -0.502 e. The predicted octanol–water partition coefficient (Wildman–Crippen LogP) is 10.6. The van der Waals surface area contributed by atoms with E-state index in [1.807, 2.05) is 7.11 Å². The number of hydrogen-bond acceptors (Lipinski definition) is 1. The van der Waals surface area contributed by atoms with Crippen LogP contribution in [-0.2, 0) is 41.8 Å². The Bertz CT molecular complexity index is 1650. The second-order valence-corrected chi connectivity index (χ2v) is 15.0. The Morgan fingerprint density at radius 2 is 1.37 bits per heavy atom. The summed E-state index contributed by atoms with van der Waals surface area (Å²) in [4.78, 5) is 0. The van der Waals surface area contributed by atoms with E-state index in [-0.39, 0.29) is 48.4 Å². The van der Waals surface area contributed by atoms with Crippen LogP contribution >= 0.6 is 0 Å². The van der Waals surface area contributed by atoms with Gasteiger partial charge < -0.3 is 4.74 Å². The average Bonchev–Trinajstić information content (AvgIpc) is 3.48. The Morgan fingerprint density at radius 1 is 0.744 bits per heavy atom. The van der Waals surface area contributed by atoms with Gasteiger partial charge in [-0.3, -0.25) is 0 Å². The maximum absolute atomic E-state index is 6.71. The molecule has 43 heavy (non-hydrogen) atoms. The van der Waals surface area contributed by atoms with Gasteiger partial charge in [0.05, 0.1) is 12.9 Å². The average molecular weight is 645 g/mol. The molecule has 3 aromatic rings. The first-order valence-electron chi connectivity index (χ1n) is 15.3. The number of allylic oxidation sites excluding steroid dienone is 6. The summed E-state index contributed by atoms with van der Waals surface area (Å²) in [5, 5.41) is 0. The van der Waals surface area contributed by atoms with E-state index < -0.39 is 5.41 Å². The normalized spacial score (nSPS) is 22.4. The SMILES string of the molecule is COC1=C(C(C)(C)C)C=C2[CH-]C(C)(C)C=C2C1(c1ccccc1)C1C(c2ccc(C(C)(C)C)cc2)=Cc2ccccc21.[Zr]. The molecule has 0 aromatic heterocycles. The molecule has 3 aliphatic carbocycles. The second kappa shape index (κ2) is 11.0. The molecule has 0 saturated carbocycles. The maximum Gasteiger partial charge on any atom is 0.0915 e. The largest absolute Gasteiger partial charge is 0.502 e. The Morgan fingerprint density at radius 3 is 1.98 bits per heavy atom. The van der Waals surface area contributed by atoms with Crippen molar-refractivity contribution in [3.63, 3.8) is 0 Å². The first kappa shape index (κ1) is 31.6. The number of ether oxygens (including phenoxy) is 1. The molecule has 0 bridgehead atoms. The van der Waals surface area contributed by atoms with E-state index in [0.29, 0.717) is 0 Å². The Balaban J connectivity index is 0.00000368. The second-order valence-electron chi connectivity index (χ2n) is 15.0. The van der Waals surface area contributed by atoms with Crippen molar-refractivity contribution in [2.75, 3.05) is 7.11 Å². The van der Waals surface area contributed by atoms with Crippen molar-refractivity contribution in [3.05, 3.63) is 148 Å². The topological polar surface area (TPSA) is 9.23 Å². The van der Waals surface area contributed by atoms with Crippen molar-refractivity contribution >= 4 is 11.6 Å². The van der Waals surface area contributed by atoms with E-state index in [2.05, 4.69) is 159 Å². The molecule has 2 unspecified atom stereocenters. The van der Waals surface area contributed by atoms with Gasteiger partial charge in [0.25, 0.3) is 0 Å². The van der Waals surface area contributed by atoms with Crippen LogP contribution in [0.4, 0.5) is 0 Å². The summed E-state index contributed by atoms with van der Waals surface area (Å²) in [5.74, 6) is 1.09. The standard InChI is InChI=1S/C41H45O.Zr/c1-38(2,3)30-21-19-27(20-22-30)33-23-28-15-13-14-18-32(28)36(33)41(31-16-11-10-12-17-31)35-26-40(7,8)25-29(35)24-34(37(41)42-9)39(4,5)6;/h10-26,36H,1-9H3;/q-1;. The van der Waals surface area contributed by atoms with Gasteiger partial charge in [0.15, 0.2) is 0 Å². The monoisotopic (exact) mass is 643 g/mol. The molecule has 0 N–H and O–H groups in total. The van der Waals surface area contributed by atoms with Crippen molar-refractivity contribution < 1.29 is 30.9 Å². The van der Waals surface area contributed by atoms with Crippen LogP contribution < -0.4 is 0 Å². The number of methoxy groups -OCH3 is 1. The van der Waals surface area contributed by atoms with Crippen LogP contribution in [0, 0.1) is 17.3 Å². The molecule has 3 aromatic carbocycles. The van der Waals surface area contributed by atoms with Gasteiger partial charge in [0.1, 0.15) is 0 Å². The summed E-state index contributed by atoms with van der Waals surface area (Å²) in [6.45, 7) is 18.4. The van der Waals surface area contributed by atoms with Crippen LogP contribution in [0.5, 0.6) is 0 Å². The van der Waals surface area contributed by atoms with Crippen molar-refractivity contribution in [1.82, 2.24) is 0 Å². The van der Waals surface area contributed by atoms with Gasteiger partial charge in [0.2, 0.25) is 0 Å². The van der Waals surface area contributed by atoms with Crippen LogP contribution in [0.3, 0.4) is 0 Å². The summed E-state index contributed by atoms with van der Waals surface area (Å²) >= 11 is 0. The van der Waals surface area contributed by atoms with Crippen LogP contribution in [-0.4, -0.2) is 7.11 Å².